The molecule has 3 nitrogen and oxygen atoms in total. The molecule has 0 radical (unpaired) electrons. The summed E-state index contributed by atoms with van der Waals surface area (Å²) in [6, 6.07) is 0.101. The molecule has 5 heteroatoms. The van der Waals surface area contributed by atoms with Crippen LogP contribution in [0, 0.1) is 0 Å². The molecule has 0 saturated heterocycles. The number of hydrogen-bond donors (Lipinski definition) is 1. The predicted octanol–water partition coefficient (Wildman–Crippen LogP) is 2.78. The zero-order valence-electron chi connectivity index (χ0n) is 10.1. The van der Waals surface area contributed by atoms with Crippen molar-refractivity contribution in [2.24, 2.45) is 0 Å². The van der Waals surface area contributed by atoms with Crippen LogP contribution < -0.4 is 5.32 Å². The van der Waals surface area contributed by atoms with Crippen LogP contribution in [0.3, 0.4) is 0 Å². The quantitative estimate of drug-likeness (QED) is 0.881. The summed E-state index contributed by atoms with van der Waals surface area (Å²) in [6.07, 6.45) is 1.71. The minimum absolute atomic E-state index is 0.0480. The largest absolute Gasteiger partial charge is 0.313 e. The van der Waals surface area contributed by atoms with E-state index in [9.17, 15) is 8.78 Å². The molecule has 0 fully saturated rings. The maximum Gasteiger partial charge on any atom is 0.267 e. The summed E-state index contributed by atoms with van der Waals surface area (Å²) in [5.74, 6) is 0. The molecule has 0 atom stereocenters. The van der Waals surface area contributed by atoms with E-state index in [1.165, 1.54) is 6.20 Å². The van der Waals surface area contributed by atoms with Gasteiger partial charge in [-0.3, -0.25) is 4.68 Å². The minimum Gasteiger partial charge on any atom is -0.313 e. The van der Waals surface area contributed by atoms with Crippen LogP contribution in [-0.4, -0.2) is 22.9 Å². The lowest BCUT2D eigenvalue weighted by atomic mass is 10.0. The third kappa shape index (κ3) is 2.54. The summed E-state index contributed by atoms with van der Waals surface area (Å²) in [7, 11) is 0. The molecule has 1 aromatic heterocycles. The fourth-order valence-electron chi connectivity index (χ4n) is 1.92. The molecule has 1 aliphatic heterocycles. The van der Waals surface area contributed by atoms with Gasteiger partial charge >= 0.3 is 0 Å². The van der Waals surface area contributed by atoms with Gasteiger partial charge in [-0.2, -0.15) is 5.10 Å². The van der Waals surface area contributed by atoms with Crippen LogP contribution in [0.1, 0.15) is 44.0 Å². The van der Waals surface area contributed by atoms with Crippen molar-refractivity contribution in [1.29, 1.82) is 0 Å². The molecule has 0 unspecified atom stereocenters. The van der Waals surface area contributed by atoms with Gasteiger partial charge < -0.3 is 5.32 Å². The van der Waals surface area contributed by atoms with Crippen LogP contribution in [0.5, 0.6) is 0 Å². The Labute approximate surface area is 99.5 Å². The van der Waals surface area contributed by atoms with Crippen molar-refractivity contribution >= 4 is 5.57 Å². The molecule has 94 valence electrons. The fraction of sp³-hybridized carbons (Fsp3) is 0.583. The Hall–Kier alpha value is -1.23. The highest BCUT2D eigenvalue weighted by atomic mass is 19.3. The highest BCUT2D eigenvalue weighted by Crippen LogP contribution is 2.30. The summed E-state index contributed by atoms with van der Waals surface area (Å²) >= 11 is 0. The van der Waals surface area contributed by atoms with E-state index in [0.717, 1.165) is 25.1 Å². The molecule has 1 aromatic rings. The molecule has 0 aliphatic carbocycles. The van der Waals surface area contributed by atoms with E-state index in [1.54, 1.807) is 4.68 Å². The first-order chi connectivity index (χ1) is 8.09. The van der Waals surface area contributed by atoms with Gasteiger partial charge in [0.1, 0.15) is 0 Å². The van der Waals surface area contributed by atoms with Gasteiger partial charge in [0.25, 0.3) is 6.43 Å². The third-order valence-electron chi connectivity index (χ3n) is 2.89. The molecule has 0 bridgehead atoms. The predicted molar refractivity (Wildman–Crippen MR) is 63.0 cm³/mol. The zero-order valence-corrected chi connectivity index (χ0v) is 10.1. The lowest BCUT2D eigenvalue weighted by molar-refractivity contribution is 0.151. The van der Waals surface area contributed by atoms with E-state index in [0.29, 0.717) is 5.69 Å². The summed E-state index contributed by atoms with van der Waals surface area (Å²) in [5, 5.41) is 7.46. The summed E-state index contributed by atoms with van der Waals surface area (Å²) in [4.78, 5) is 0. The third-order valence-corrected chi connectivity index (χ3v) is 2.89. The first-order valence-electron chi connectivity index (χ1n) is 5.87. The molecule has 1 N–H and O–H groups in total. The van der Waals surface area contributed by atoms with Gasteiger partial charge in [0, 0.05) is 18.8 Å². The Bertz CT molecular complexity index is 421. The van der Waals surface area contributed by atoms with E-state index in [4.69, 9.17) is 0 Å². The van der Waals surface area contributed by atoms with Crippen LogP contribution in [0.2, 0.25) is 0 Å². The van der Waals surface area contributed by atoms with Crippen LogP contribution in [0.4, 0.5) is 8.78 Å². The molecule has 2 heterocycles. The number of aromatic nitrogens is 2. The van der Waals surface area contributed by atoms with Crippen LogP contribution >= 0.6 is 0 Å². The van der Waals surface area contributed by atoms with Gasteiger partial charge in [-0.15, -0.1) is 0 Å². The highest BCUT2D eigenvalue weighted by Gasteiger charge is 2.21. The maximum atomic E-state index is 13.0. The normalized spacial score (nSPS) is 16.7. The maximum absolute atomic E-state index is 13.0. The minimum atomic E-state index is -2.46. The molecular weight excluding hydrogens is 224 g/mol. The second-order valence-corrected chi connectivity index (χ2v) is 4.49. The van der Waals surface area contributed by atoms with Crippen LogP contribution in [0.15, 0.2) is 12.3 Å². The monoisotopic (exact) mass is 241 g/mol. The Morgan fingerprint density at radius 3 is 2.71 bits per heavy atom. The fourth-order valence-corrected chi connectivity index (χ4v) is 1.92. The Balaban J connectivity index is 2.40. The number of alkyl halides is 2. The van der Waals surface area contributed by atoms with Gasteiger partial charge in [0.15, 0.2) is 0 Å². The summed E-state index contributed by atoms with van der Waals surface area (Å²) in [6.45, 7) is 5.42. The number of rotatable bonds is 3. The van der Waals surface area contributed by atoms with E-state index in [1.807, 2.05) is 19.9 Å². The smallest absolute Gasteiger partial charge is 0.267 e. The Kier molecular flexibility index (Phi) is 3.57. The van der Waals surface area contributed by atoms with E-state index >= 15 is 0 Å². The van der Waals surface area contributed by atoms with Crippen molar-refractivity contribution in [2.75, 3.05) is 13.1 Å². The first-order valence-corrected chi connectivity index (χ1v) is 5.87. The number of halogens is 2. The lowest BCUT2D eigenvalue weighted by Crippen LogP contribution is -2.20. The summed E-state index contributed by atoms with van der Waals surface area (Å²) < 4.78 is 27.5. The van der Waals surface area contributed by atoms with Crippen LogP contribution in [0.25, 0.3) is 5.57 Å². The standard InChI is InChI=1S/C12H17F2N3/c1-8(2)17-7-10(12(13)14)11(16-17)9-3-5-15-6-4-9/h3,7-8,12,15H,4-6H2,1-2H3. The SMILES string of the molecule is CC(C)n1cc(C(F)F)c(C2=CCNCC2)n1. The van der Waals surface area contributed by atoms with Crippen molar-refractivity contribution in [3.05, 3.63) is 23.5 Å². The highest BCUT2D eigenvalue weighted by molar-refractivity contribution is 5.66. The van der Waals surface area contributed by atoms with Crippen molar-refractivity contribution < 1.29 is 8.78 Å². The van der Waals surface area contributed by atoms with Crippen molar-refractivity contribution in [3.8, 4) is 0 Å². The second kappa shape index (κ2) is 4.96. The molecule has 0 spiro atoms. The van der Waals surface area contributed by atoms with E-state index in [2.05, 4.69) is 10.4 Å². The molecule has 17 heavy (non-hydrogen) atoms. The van der Waals surface area contributed by atoms with Crippen LogP contribution in [-0.2, 0) is 0 Å². The lowest BCUT2D eigenvalue weighted by Gasteiger charge is -2.13. The van der Waals surface area contributed by atoms with Gasteiger partial charge in [-0.1, -0.05) is 6.08 Å². The van der Waals surface area contributed by atoms with E-state index in [-0.39, 0.29) is 11.6 Å². The topological polar surface area (TPSA) is 29.9 Å². The zero-order chi connectivity index (χ0) is 12.4. The second-order valence-electron chi connectivity index (χ2n) is 4.49. The molecule has 0 saturated carbocycles. The number of nitrogens with one attached hydrogen (secondary N) is 1. The summed E-state index contributed by atoms with van der Waals surface area (Å²) in [5.41, 5.74) is 1.44. The number of nitrogens with zero attached hydrogens (tertiary/aromatic N) is 2. The van der Waals surface area contributed by atoms with Gasteiger partial charge in [-0.25, -0.2) is 8.78 Å². The van der Waals surface area contributed by atoms with Gasteiger partial charge in [-0.05, 0) is 32.4 Å². The molecular formula is C12H17F2N3. The van der Waals surface area contributed by atoms with Gasteiger partial charge in [0.05, 0.1) is 11.3 Å². The van der Waals surface area contributed by atoms with Crippen molar-refractivity contribution in [3.63, 3.8) is 0 Å². The molecule has 0 aromatic carbocycles. The first kappa shape index (κ1) is 12.2. The number of hydrogen-bond acceptors (Lipinski definition) is 2. The Morgan fingerprint density at radius 1 is 1.41 bits per heavy atom. The molecule has 1 aliphatic rings. The molecule has 2 rings (SSSR count). The van der Waals surface area contributed by atoms with Crippen molar-refractivity contribution in [2.45, 2.75) is 32.7 Å². The Morgan fingerprint density at radius 2 is 2.18 bits per heavy atom. The average Bonchev–Trinajstić information content (AvgIpc) is 2.75. The van der Waals surface area contributed by atoms with Gasteiger partial charge in [0.2, 0.25) is 0 Å². The van der Waals surface area contributed by atoms with E-state index < -0.39 is 6.43 Å². The average molecular weight is 241 g/mol. The van der Waals surface area contributed by atoms with Crippen molar-refractivity contribution in [1.82, 2.24) is 15.1 Å². The molecule has 0 amide bonds.